The standard InChI is InChI=1S/C22H23F4N3O4S/c1-20(2,15-5-4-12(23)8-14(15)19(27)30)11-21(31,22(24,25)26)10-13-9-17-16(28-13)6-7-18(29-17)34(3,32)33/h4-9,28,31H,10-11H2,1-3H3,(H2,27,30)/t21-/m0/s1. The third-order valence-electron chi connectivity index (χ3n) is 5.61. The number of hydrogen-bond donors (Lipinski definition) is 3. The van der Waals surface area contributed by atoms with Gasteiger partial charge in [0.25, 0.3) is 0 Å². The second kappa shape index (κ2) is 8.35. The normalized spacial score (nSPS) is 14.8. The van der Waals surface area contributed by atoms with Gasteiger partial charge in [0, 0.05) is 23.9 Å². The SMILES string of the molecule is CC(C)(C[C@@](O)(Cc1cc2nc(S(C)(=O)=O)ccc2[nH]1)C(F)(F)F)c1ccc(F)cc1C(N)=O. The number of carbonyl (C=O) groups excluding carboxylic acids is 1. The fourth-order valence-corrected chi connectivity index (χ4v) is 4.64. The number of hydrogen-bond acceptors (Lipinski definition) is 5. The summed E-state index contributed by atoms with van der Waals surface area (Å²) < 4.78 is 79.4. The highest BCUT2D eigenvalue weighted by atomic mass is 32.2. The van der Waals surface area contributed by atoms with Crippen molar-refractivity contribution < 1.29 is 35.9 Å². The van der Waals surface area contributed by atoms with Gasteiger partial charge < -0.3 is 15.8 Å². The maximum atomic E-state index is 14.1. The second-order valence-corrected chi connectivity index (χ2v) is 10.9. The first kappa shape index (κ1) is 25.6. The number of H-pyrrole nitrogens is 1. The zero-order chi connectivity index (χ0) is 25.7. The average molecular weight is 502 g/mol. The molecule has 1 aromatic carbocycles. The van der Waals surface area contributed by atoms with Crippen LogP contribution in [0.15, 0.2) is 41.4 Å². The van der Waals surface area contributed by atoms with Gasteiger partial charge in [-0.15, -0.1) is 0 Å². The number of rotatable bonds is 7. The van der Waals surface area contributed by atoms with Gasteiger partial charge in [-0.25, -0.2) is 17.8 Å². The van der Waals surface area contributed by atoms with Crippen LogP contribution in [0.4, 0.5) is 17.6 Å². The molecule has 3 rings (SSSR count). The number of amides is 1. The number of aromatic nitrogens is 2. The molecule has 12 heteroatoms. The minimum Gasteiger partial charge on any atom is -0.380 e. The van der Waals surface area contributed by atoms with Crippen LogP contribution >= 0.6 is 0 Å². The Labute approximate surface area is 192 Å². The maximum Gasteiger partial charge on any atom is 0.417 e. The Morgan fingerprint density at radius 1 is 1.15 bits per heavy atom. The average Bonchev–Trinajstić information content (AvgIpc) is 3.06. The van der Waals surface area contributed by atoms with Crippen LogP contribution in [0.5, 0.6) is 0 Å². The van der Waals surface area contributed by atoms with E-state index in [9.17, 15) is 35.9 Å². The topological polar surface area (TPSA) is 126 Å². The smallest absolute Gasteiger partial charge is 0.380 e. The van der Waals surface area contributed by atoms with Crippen molar-refractivity contribution in [1.29, 1.82) is 0 Å². The van der Waals surface area contributed by atoms with Gasteiger partial charge in [0.2, 0.25) is 5.91 Å². The molecule has 0 spiro atoms. The highest BCUT2D eigenvalue weighted by Crippen LogP contribution is 2.44. The lowest BCUT2D eigenvalue weighted by Crippen LogP contribution is -2.51. The molecule has 4 N–H and O–H groups in total. The molecule has 0 aliphatic rings. The van der Waals surface area contributed by atoms with Crippen molar-refractivity contribution in [3.05, 3.63) is 59.0 Å². The quantitative estimate of drug-likeness (QED) is 0.428. The molecule has 1 atom stereocenters. The number of carbonyl (C=O) groups is 1. The number of alkyl halides is 3. The van der Waals surface area contributed by atoms with E-state index in [1.807, 2.05) is 0 Å². The van der Waals surface area contributed by atoms with E-state index in [1.54, 1.807) is 0 Å². The fraction of sp³-hybridized carbons (Fsp3) is 0.364. The van der Waals surface area contributed by atoms with Crippen molar-refractivity contribution >= 4 is 26.8 Å². The Bertz CT molecular complexity index is 1370. The number of pyridine rings is 1. The van der Waals surface area contributed by atoms with Crippen LogP contribution in [-0.4, -0.2) is 47.4 Å². The first-order valence-corrected chi connectivity index (χ1v) is 11.9. The van der Waals surface area contributed by atoms with E-state index in [-0.39, 0.29) is 27.4 Å². The summed E-state index contributed by atoms with van der Waals surface area (Å²) in [6.45, 7) is 2.77. The summed E-state index contributed by atoms with van der Waals surface area (Å²) in [4.78, 5) is 18.5. The summed E-state index contributed by atoms with van der Waals surface area (Å²) >= 11 is 0. The van der Waals surface area contributed by atoms with Crippen molar-refractivity contribution in [2.75, 3.05) is 6.26 Å². The monoisotopic (exact) mass is 501 g/mol. The molecule has 1 amide bonds. The number of benzene rings is 1. The molecule has 0 unspecified atom stereocenters. The van der Waals surface area contributed by atoms with Crippen LogP contribution in [0.2, 0.25) is 0 Å². The molecule has 2 aromatic heterocycles. The molecule has 0 saturated heterocycles. The summed E-state index contributed by atoms with van der Waals surface area (Å²) in [5.74, 6) is -1.79. The van der Waals surface area contributed by atoms with Crippen molar-refractivity contribution in [3.8, 4) is 0 Å². The highest BCUT2D eigenvalue weighted by Gasteiger charge is 2.56. The first-order valence-electron chi connectivity index (χ1n) is 10.0. The molecule has 184 valence electrons. The molecule has 0 bridgehead atoms. The predicted octanol–water partition coefficient (Wildman–Crippen LogP) is 3.41. The fourth-order valence-electron chi connectivity index (χ4n) is 4.06. The minimum absolute atomic E-state index is 0.0296. The van der Waals surface area contributed by atoms with Gasteiger partial charge in [-0.2, -0.15) is 13.2 Å². The highest BCUT2D eigenvalue weighted by molar-refractivity contribution is 7.90. The lowest BCUT2D eigenvalue weighted by Gasteiger charge is -2.38. The number of nitrogens with one attached hydrogen (secondary N) is 1. The number of fused-ring (bicyclic) bond motifs is 1. The molecule has 3 aromatic rings. The van der Waals surface area contributed by atoms with Gasteiger partial charge >= 0.3 is 6.18 Å². The van der Waals surface area contributed by atoms with E-state index < -0.39 is 51.6 Å². The molecule has 0 aliphatic carbocycles. The summed E-state index contributed by atoms with van der Waals surface area (Å²) in [6.07, 6.45) is -5.92. The van der Waals surface area contributed by atoms with Crippen molar-refractivity contribution in [3.63, 3.8) is 0 Å². The number of primary amides is 1. The molecular formula is C22H23F4N3O4S. The number of nitrogens with two attached hydrogens (primary N) is 1. The molecule has 0 radical (unpaired) electrons. The van der Waals surface area contributed by atoms with Gasteiger partial charge in [0.1, 0.15) is 5.82 Å². The Morgan fingerprint density at radius 3 is 2.35 bits per heavy atom. The summed E-state index contributed by atoms with van der Waals surface area (Å²) in [6, 6.07) is 6.84. The third kappa shape index (κ3) is 5.07. The van der Waals surface area contributed by atoms with Crippen molar-refractivity contribution in [1.82, 2.24) is 9.97 Å². The number of aliphatic hydroxyl groups is 1. The van der Waals surface area contributed by atoms with Crippen molar-refractivity contribution in [2.45, 2.75) is 48.9 Å². The zero-order valence-electron chi connectivity index (χ0n) is 18.5. The number of nitrogens with zero attached hydrogens (tertiary/aromatic N) is 1. The van der Waals surface area contributed by atoms with E-state index in [0.717, 1.165) is 18.4 Å². The van der Waals surface area contributed by atoms with E-state index in [2.05, 4.69) is 9.97 Å². The second-order valence-electron chi connectivity index (χ2n) is 8.97. The summed E-state index contributed by atoms with van der Waals surface area (Å²) in [7, 11) is -3.63. The van der Waals surface area contributed by atoms with Gasteiger partial charge in [-0.3, -0.25) is 4.79 Å². The molecule has 0 aliphatic heterocycles. The Balaban J connectivity index is 2.02. The van der Waals surface area contributed by atoms with Gasteiger partial charge in [-0.05, 0) is 47.7 Å². The first-order chi connectivity index (χ1) is 15.4. The van der Waals surface area contributed by atoms with Gasteiger partial charge in [0.15, 0.2) is 20.5 Å². The van der Waals surface area contributed by atoms with Crippen LogP contribution in [-0.2, 0) is 21.7 Å². The molecule has 0 fully saturated rings. The van der Waals surface area contributed by atoms with Crippen LogP contribution in [0.3, 0.4) is 0 Å². The predicted molar refractivity (Wildman–Crippen MR) is 116 cm³/mol. The zero-order valence-corrected chi connectivity index (χ0v) is 19.3. The van der Waals surface area contributed by atoms with Crippen LogP contribution in [0.25, 0.3) is 11.0 Å². The number of halogens is 4. The Kier molecular flexibility index (Phi) is 6.29. The molecule has 0 saturated carbocycles. The Hall–Kier alpha value is -2.99. The lowest BCUT2D eigenvalue weighted by atomic mass is 9.72. The third-order valence-corrected chi connectivity index (χ3v) is 6.59. The van der Waals surface area contributed by atoms with E-state index in [1.165, 1.54) is 38.1 Å². The lowest BCUT2D eigenvalue weighted by molar-refractivity contribution is -0.266. The maximum absolute atomic E-state index is 14.1. The summed E-state index contributed by atoms with van der Waals surface area (Å²) in [5.41, 5.74) is 0.742. The number of aromatic amines is 1. The van der Waals surface area contributed by atoms with Crippen molar-refractivity contribution in [2.24, 2.45) is 5.73 Å². The summed E-state index contributed by atoms with van der Waals surface area (Å²) in [5, 5.41) is 10.6. The van der Waals surface area contributed by atoms with E-state index in [4.69, 9.17) is 5.73 Å². The number of sulfone groups is 1. The molecule has 2 heterocycles. The molecule has 34 heavy (non-hydrogen) atoms. The molecule has 7 nitrogen and oxygen atoms in total. The van der Waals surface area contributed by atoms with Crippen LogP contribution in [0.1, 0.15) is 41.9 Å². The molecular weight excluding hydrogens is 478 g/mol. The van der Waals surface area contributed by atoms with E-state index in [0.29, 0.717) is 5.52 Å². The van der Waals surface area contributed by atoms with Gasteiger partial charge in [0.05, 0.1) is 11.0 Å². The Morgan fingerprint density at radius 2 is 1.79 bits per heavy atom. The van der Waals surface area contributed by atoms with E-state index >= 15 is 0 Å². The van der Waals surface area contributed by atoms with Crippen LogP contribution < -0.4 is 5.73 Å². The van der Waals surface area contributed by atoms with Gasteiger partial charge in [-0.1, -0.05) is 19.9 Å². The minimum atomic E-state index is -5.08. The van der Waals surface area contributed by atoms with Crippen LogP contribution in [0, 0.1) is 5.82 Å². The largest absolute Gasteiger partial charge is 0.417 e.